The molecule has 12 nitrogen and oxygen atoms in total. The molecule has 0 spiro atoms. The highest BCUT2D eigenvalue weighted by Gasteiger charge is 2.64. The van der Waals surface area contributed by atoms with Gasteiger partial charge in [-0.2, -0.15) is 0 Å². The lowest BCUT2D eigenvalue weighted by Crippen LogP contribution is -2.65. The second-order valence-electron chi connectivity index (χ2n) is 10.5. The summed E-state index contributed by atoms with van der Waals surface area (Å²) in [5.41, 5.74) is 1.88. The number of carbonyl (C=O) groups is 4. The largest absolute Gasteiger partial charge is 0.508 e. The molecule has 2 amide bonds. The number of benzene rings is 1. The topological polar surface area (TPSA) is 194 Å². The van der Waals surface area contributed by atoms with Gasteiger partial charge in [-0.3, -0.25) is 24.1 Å². The first kappa shape index (κ1) is 27.3. The number of ketones is 2. The van der Waals surface area contributed by atoms with Crippen LogP contribution in [0.3, 0.4) is 0 Å². The lowest BCUT2D eigenvalue weighted by molar-refractivity contribution is -0.153. The first-order valence-corrected chi connectivity index (χ1v) is 12.2. The average molecular weight is 529 g/mol. The van der Waals surface area contributed by atoms with E-state index in [1.807, 2.05) is 19.0 Å². The van der Waals surface area contributed by atoms with Gasteiger partial charge in [0.1, 0.15) is 22.8 Å². The molecule has 1 fully saturated rings. The standard InChI is InChI=1S/C26H32N4O8/c1-29(2)8-7-28-25(37)12-5-6-15(31)17-13(12)9-11-10-14-19(30(3)4)21(33)18(24(27)36)23(35)26(14,38)22(34)16(11)20(17)32/h5-6,11,14,19,31-32,35,38H,7-10H2,1-4H3,(H2,27,36)(H,28,37)/t11-,14-,19-,26-/m0/s1. The molecular weight excluding hydrogens is 496 g/mol. The van der Waals surface area contributed by atoms with Crippen molar-refractivity contribution in [1.82, 2.24) is 15.1 Å². The normalized spacial score (nSPS) is 26.9. The zero-order chi connectivity index (χ0) is 28.3. The predicted octanol–water partition coefficient (Wildman–Crippen LogP) is -0.745. The molecule has 204 valence electrons. The molecule has 4 rings (SSSR count). The highest BCUT2D eigenvalue weighted by Crippen LogP contribution is 2.52. The van der Waals surface area contributed by atoms with Crippen molar-refractivity contribution in [3.05, 3.63) is 45.7 Å². The molecular formula is C26H32N4O8. The molecule has 0 aliphatic heterocycles. The Morgan fingerprint density at radius 1 is 1.13 bits per heavy atom. The van der Waals surface area contributed by atoms with Crippen molar-refractivity contribution in [1.29, 1.82) is 0 Å². The van der Waals surface area contributed by atoms with Crippen molar-refractivity contribution in [3.8, 4) is 5.75 Å². The van der Waals surface area contributed by atoms with Crippen molar-refractivity contribution in [2.75, 3.05) is 41.3 Å². The minimum absolute atomic E-state index is 0.0410. The van der Waals surface area contributed by atoms with Crippen LogP contribution in [0.15, 0.2) is 29.0 Å². The number of phenolic OH excluding ortho intramolecular Hbond substituents is 1. The molecule has 12 heteroatoms. The molecule has 4 atom stereocenters. The molecule has 3 aliphatic carbocycles. The number of carbonyl (C=O) groups excluding carboxylic acids is 4. The van der Waals surface area contributed by atoms with Gasteiger partial charge >= 0.3 is 0 Å². The second kappa shape index (κ2) is 9.53. The molecule has 1 aromatic carbocycles. The number of primary amides is 1. The predicted molar refractivity (Wildman–Crippen MR) is 135 cm³/mol. The van der Waals surface area contributed by atoms with Gasteiger partial charge in [0.2, 0.25) is 5.78 Å². The van der Waals surface area contributed by atoms with Crippen LogP contribution in [0.5, 0.6) is 5.75 Å². The van der Waals surface area contributed by atoms with Gasteiger partial charge in [-0.15, -0.1) is 0 Å². The Morgan fingerprint density at radius 2 is 1.79 bits per heavy atom. The Labute approximate surface area is 219 Å². The number of phenols is 1. The summed E-state index contributed by atoms with van der Waals surface area (Å²) < 4.78 is 0. The second-order valence-corrected chi connectivity index (χ2v) is 10.5. The van der Waals surface area contributed by atoms with Gasteiger partial charge in [0, 0.05) is 30.1 Å². The number of hydrogen-bond donors (Lipinski definition) is 6. The minimum atomic E-state index is -2.71. The van der Waals surface area contributed by atoms with E-state index < -0.39 is 64.0 Å². The zero-order valence-corrected chi connectivity index (χ0v) is 21.6. The molecule has 3 aliphatic rings. The van der Waals surface area contributed by atoms with Crippen LogP contribution in [0.2, 0.25) is 0 Å². The summed E-state index contributed by atoms with van der Waals surface area (Å²) >= 11 is 0. The van der Waals surface area contributed by atoms with Gasteiger partial charge in [0.15, 0.2) is 11.4 Å². The van der Waals surface area contributed by atoms with Crippen molar-refractivity contribution < 1.29 is 39.6 Å². The van der Waals surface area contributed by atoms with E-state index in [0.29, 0.717) is 18.7 Å². The van der Waals surface area contributed by atoms with Crippen LogP contribution >= 0.6 is 0 Å². The lowest BCUT2D eigenvalue weighted by atomic mass is 9.57. The fourth-order valence-electron chi connectivity index (χ4n) is 5.94. The first-order chi connectivity index (χ1) is 17.7. The summed E-state index contributed by atoms with van der Waals surface area (Å²) in [7, 11) is 6.77. The van der Waals surface area contributed by atoms with Gasteiger partial charge < -0.3 is 36.4 Å². The van der Waals surface area contributed by atoms with E-state index in [4.69, 9.17) is 5.73 Å². The number of aliphatic hydroxyl groups excluding tert-OH is 2. The number of nitrogens with one attached hydrogen (secondary N) is 1. The third-order valence-corrected chi connectivity index (χ3v) is 7.69. The Hall–Kier alpha value is -3.74. The van der Waals surface area contributed by atoms with Crippen molar-refractivity contribution in [2.24, 2.45) is 17.6 Å². The van der Waals surface area contributed by atoms with Gasteiger partial charge in [0.05, 0.1) is 11.6 Å². The number of nitrogens with two attached hydrogens (primary N) is 1. The van der Waals surface area contributed by atoms with Crippen molar-refractivity contribution >= 4 is 29.1 Å². The van der Waals surface area contributed by atoms with Crippen LogP contribution in [-0.4, -0.2) is 107 Å². The molecule has 38 heavy (non-hydrogen) atoms. The van der Waals surface area contributed by atoms with E-state index in [9.17, 15) is 39.6 Å². The summed E-state index contributed by atoms with van der Waals surface area (Å²) in [5.74, 6) is -7.75. The van der Waals surface area contributed by atoms with Crippen LogP contribution in [0.4, 0.5) is 0 Å². The number of rotatable bonds is 6. The molecule has 0 unspecified atom stereocenters. The van der Waals surface area contributed by atoms with Gasteiger partial charge in [-0.05, 0) is 64.6 Å². The Bertz CT molecular complexity index is 1310. The van der Waals surface area contributed by atoms with E-state index in [1.165, 1.54) is 31.1 Å². The summed E-state index contributed by atoms with van der Waals surface area (Å²) in [6.07, 6.45) is -0.0114. The fraction of sp³-hybridized carbons (Fsp3) is 0.462. The van der Waals surface area contributed by atoms with Crippen molar-refractivity contribution in [2.45, 2.75) is 24.5 Å². The average Bonchev–Trinajstić information content (AvgIpc) is 2.80. The molecule has 0 bridgehead atoms. The maximum Gasteiger partial charge on any atom is 0.255 e. The Balaban J connectivity index is 1.87. The number of fused-ring (bicyclic) bond motifs is 3. The van der Waals surface area contributed by atoms with Crippen LogP contribution in [-0.2, 0) is 20.8 Å². The van der Waals surface area contributed by atoms with Crippen LogP contribution in [0.25, 0.3) is 5.76 Å². The SMILES string of the molecule is CN(C)CCNC(=O)c1ccc(O)c2c1C[C@H]1C[C@H]3[C@H](N(C)C)C(=O)C(C(N)=O)=C(O)[C@@]3(O)C(=O)C1=C2O. The summed E-state index contributed by atoms with van der Waals surface area (Å²) in [6.45, 7) is 0.939. The number of nitrogens with zero attached hydrogens (tertiary/aromatic N) is 2. The van der Waals surface area contributed by atoms with Gasteiger partial charge in [-0.1, -0.05) is 0 Å². The number of likely N-dealkylation sites (N-methyl/N-ethyl adjacent to an activating group) is 2. The third-order valence-electron chi connectivity index (χ3n) is 7.69. The lowest BCUT2D eigenvalue weighted by Gasteiger charge is -2.50. The van der Waals surface area contributed by atoms with E-state index in [1.54, 1.807) is 0 Å². The zero-order valence-electron chi connectivity index (χ0n) is 21.6. The summed E-state index contributed by atoms with van der Waals surface area (Å²) in [4.78, 5) is 55.3. The number of Topliss-reactive ketones (excluding diaryl/α,β-unsaturated/α-hetero) is 2. The van der Waals surface area contributed by atoms with E-state index >= 15 is 0 Å². The Kier molecular flexibility index (Phi) is 6.85. The number of aromatic hydroxyl groups is 1. The fourth-order valence-corrected chi connectivity index (χ4v) is 5.94. The van der Waals surface area contributed by atoms with E-state index in [2.05, 4.69) is 5.32 Å². The molecule has 0 saturated heterocycles. The number of hydrogen-bond acceptors (Lipinski definition) is 10. The molecule has 0 radical (unpaired) electrons. The van der Waals surface area contributed by atoms with Crippen LogP contribution in [0, 0.1) is 11.8 Å². The third kappa shape index (κ3) is 3.96. The number of amides is 2. The molecule has 0 heterocycles. The van der Waals surface area contributed by atoms with Crippen molar-refractivity contribution in [3.63, 3.8) is 0 Å². The van der Waals surface area contributed by atoms with E-state index in [0.717, 1.165) is 0 Å². The first-order valence-electron chi connectivity index (χ1n) is 12.2. The quantitative estimate of drug-likeness (QED) is 0.256. The van der Waals surface area contributed by atoms with Crippen LogP contribution < -0.4 is 11.1 Å². The maximum atomic E-state index is 13.8. The highest BCUT2D eigenvalue weighted by atomic mass is 16.3. The molecule has 1 aromatic rings. The minimum Gasteiger partial charge on any atom is -0.508 e. The molecule has 1 saturated carbocycles. The highest BCUT2D eigenvalue weighted by molar-refractivity contribution is 6.24. The number of aliphatic hydroxyl groups is 3. The van der Waals surface area contributed by atoms with Crippen LogP contribution in [0.1, 0.15) is 27.9 Å². The summed E-state index contributed by atoms with van der Waals surface area (Å²) in [6, 6.07) is 1.48. The van der Waals surface area contributed by atoms with Gasteiger partial charge in [0.25, 0.3) is 11.8 Å². The van der Waals surface area contributed by atoms with Gasteiger partial charge in [-0.25, -0.2) is 0 Å². The monoisotopic (exact) mass is 528 g/mol. The van der Waals surface area contributed by atoms with E-state index in [-0.39, 0.29) is 35.3 Å². The Morgan fingerprint density at radius 3 is 2.37 bits per heavy atom. The molecule has 0 aromatic heterocycles. The maximum absolute atomic E-state index is 13.8. The smallest absolute Gasteiger partial charge is 0.255 e. The summed E-state index contributed by atoms with van der Waals surface area (Å²) in [5, 5.41) is 47.1. The molecule has 7 N–H and O–H groups in total.